The molecule has 0 radical (unpaired) electrons. The first kappa shape index (κ1) is 17.4. The molecule has 0 aliphatic heterocycles. The Labute approximate surface area is 149 Å². The lowest BCUT2D eigenvalue weighted by Gasteiger charge is -2.07. The van der Waals surface area contributed by atoms with E-state index < -0.39 is 17.6 Å². The fourth-order valence-corrected chi connectivity index (χ4v) is 2.94. The summed E-state index contributed by atoms with van der Waals surface area (Å²) in [5.41, 5.74) is 0.473. The summed E-state index contributed by atoms with van der Waals surface area (Å²) in [5, 5.41) is 12.0. The molecule has 1 N–H and O–H groups in total. The summed E-state index contributed by atoms with van der Waals surface area (Å²) < 4.78 is 38.1. The monoisotopic (exact) mass is 383 g/mol. The van der Waals surface area contributed by atoms with Crippen molar-refractivity contribution in [3.63, 3.8) is 0 Å². The number of alkyl halides is 3. The van der Waals surface area contributed by atoms with Gasteiger partial charge in [-0.25, -0.2) is 0 Å². The number of carbonyl (C=O) groups is 1. The molecule has 0 bridgehead atoms. The summed E-state index contributed by atoms with van der Waals surface area (Å²) in [7, 11) is 0. The van der Waals surface area contributed by atoms with Gasteiger partial charge in [-0.05, 0) is 35.7 Å². The lowest BCUT2D eigenvalue weighted by atomic mass is 10.1. The second-order valence-electron chi connectivity index (χ2n) is 4.94. The van der Waals surface area contributed by atoms with E-state index in [1.165, 1.54) is 29.5 Å². The summed E-state index contributed by atoms with van der Waals surface area (Å²) in [4.78, 5) is 12.0. The van der Waals surface area contributed by atoms with Crippen molar-refractivity contribution in [1.29, 1.82) is 0 Å². The van der Waals surface area contributed by atoms with Crippen LogP contribution in [-0.4, -0.2) is 16.1 Å². The van der Waals surface area contributed by atoms with Gasteiger partial charge in [0.2, 0.25) is 0 Å². The highest BCUT2D eigenvalue weighted by atomic mass is 35.5. The number of amides is 1. The Morgan fingerprint density at radius 3 is 2.28 bits per heavy atom. The molecule has 0 spiro atoms. The number of hydrogen-bond acceptors (Lipinski definition) is 4. The van der Waals surface area contributed by atoms with Gasteiger partial charge in [0.1, 0.15) is 4.34 Å². The quantitative estimate of drug-likeness (QED) is 0.682. The molecule has 1 amide bonds. The predicted molar refractivity (Wildman–Crippen MR) is 89.8 cm³/mol. The Balaban J connectivity index is 1.74. The number of halogens is 4. The molecule has 0 saturated carbocycles. The van der Waals surface area contributed by atoms with Gasteiger partial charge in [-0.1, -0.05) is 23.7 Å². The number of carbonyl (C=O) groups excluding carboxylic acids is 1. The number of benzene rings is 1. The van der Waals surface area contributed by atoms with Gasteiger partial charge in [-0.3, -0.25) is 4.79 Å². The van der Waals surface area contributed by atoms with E-state index in [2.05, 4.69) is 15.5 Å². The number of hydrogen-bond donors (Lipinski definition) is 1. The van der Waals surface area contributed by atoms with Crippen molar-refractivity contribution < 1.29 is 18.0 Å². The average molecular weight is 384 g/mol. The van der Waals surface area contributed by atoms with E-state index in [4.69, 9.17) is 11.6 Å². The SMILES string of the molecule is O=C(Nc1ccc(-c2ccc(C(F)(F)F)cc2)nn1)c1ccsc1Cl. The third-order valence-electron chi connectivity index (χ3n) is 3.28. The summed E-state index contributed by atoms with van der Waals surface area (Å²) in [6.07, 6.45) is -4.39. The molecule has 4 nitrogen and oxygen atoms in total. The highest BCUT2D eigenvalue weighted by Gasteiger charge is 2.30. The van der Waals surface area contributed by atoms with Crippen LogP contribution in [0.5, 0.6) is 0 Å². The van der Waals surface area contributed by atoms with Crippen molar-refractivity contribution in [2.75, 3.05) is 5.32 Å². The number of anilines is 1. The van der Waals surface area contributed by atoms with Crippen LogP contribution < -0.4 is 5.32 Å². The van der Waals surface area contributed by atoms with Gasteiger partial charge in [0.15, 0.2) is 5.82 Å². The largest absolute Gasteiger partial charge is 0.416 e. The third-order valence-corrected chi connectivity index (χ3v) is 4.45. The zero-order chi connectivity index (χ0) is 18.0. The molecule has 0 fully saturated rings. The molecule has 128 valence electrons. The molecule has 9 heteroatoms. The van der Waals surface area contributed by atoms with Crippen LogP contribution in [0, 0.1) is 0 Å². The molecule has 0 aliphatic rings. The lowest BCUT2D eigenvalue weighted by Crippen LogP contribution is -2.12. The van der Waals surface area contributed by atoms with E-state index in [0.717, 1.165) is 12.1 Å². The van der Waals surface area contributed by atoms with E-state index in [-0.39, 0.29) is 5.82 Å². The topological polar surface area (TPSA) is 54.9 Å². The van der Waals surface area contributed by atoms with Crippen LogP contribution in [0.3, 0.4) is 0 Å². The molecule has 2 aromatic heterocycles. The number of nitrogens with one attached hydrogen (secondary N) is 1. The van der Waals surface area contributed by atoms with E-state index in [0.29, 0.717) is 21.2 Å². The summed E-state index contributed by atoms with van der Waals surface area (Å²) >= 11 is 7.13. The first-order valence-corrected chi connectivity index (χ1v) is 8.16. The normalized spacial score (nSPS) is 11.4. The smallest absolute Gasteiger partial charge is 0.305 e. The van der Waals surface area contributed by atoms with E-state index in [1.807, 2.05) is 0 Å². The van der Waals surface area contributed by atoms with Crippen molar-refractivity contribution in [2.45, 2.75) is 6.18 Å². The first-order valence-electron chi connectivity index (χ1n) is 6.90. The number of thiophene rings is 1. The van der Waals surface area contributed by atoms with Crippen LogP contribution >= 0.6 is 22.9 Å². The predicted octanol–water partition coefficient (Wildman–Crippen LogP) is 5.13. The average Bonchev–Trinajstić information content (AvgIpc) is 3.01. The molecule has 25 heavy (non-hydrogen) atoms. The molecule has 0 aliphatic carbocycles. The van der Waals surface area contributed by atoms with E-state index in [9.17, 15) is 18.0 Å². The molecule has 3 rings (SSSR count). The minimum absolute atomic E-state index is 0.211. The van der Waals surface area contributed by atoms with Crippen LogP contribution in [0.25, 0.3) is 11.3 Å². The summed E-state index contributed by atoms with van der Waals surface area (Å²) in [6, 6.07) is 9.24. The van der Waals surface area contributed by atoms with Crippen LogP contribution in [0.2, 0.25) is 4.34 Å². The summed E-state index contributed by atoms with van der Waals surface area (Å²) in [6.45, 7) is 0. The Morgan fingerprint density at radius 2 is 1.76 bits per heavy atom. The highest BCUT2D eigenvalue weighted by molar-refractivity contribution is 7.14. The Hall–Kier alpha value is -2.45. The molecule has 2 heterocycles. The fourth-order valence-electron chi connectivity index (χ4n) is 2.02. The van der Waals surface area contributed by atoms with Crippen LogP contribution in [0.1, 0.15) is 15.9 Å². The van der Waals surface area contributed by atoms with E-state index >= 15 is 0 Å². The maximum atomic E-state index is 12.6. The van der Waals surface area contributed by atoms with Crippen LogP contribution in [0.4, 0.5) is 19.0 Å². The van der Waals surface area contributed by atoms with Gasteiger partial charge in [0, 0.05) is 5.56 Å². The molecule has 3 aromatic rings. The molecular formula is C16H9ClF3N3OS. The third kappa shape index (κ3) is 3.97. The van der Waals surface area contributed by atoms with Crippen LogP contribution in [0.15, 0.2) is 47.8 Å². The van der Waals surface area contributed by atoms with Crippen molar-refractivity contribution in [3.05, 3.63) is 63.3 Å². The Kier molecular flexibility index (Phi) is 4.73. The minimum Gasteiger partial charge on any atom is -0.305 e. The van der Waals surface area contributed by atoms with Gasteiger partial charge < -0.3 is 5.32 Å². The molecule has 0 atom stereocenters. The molecular weight excluding hydrogens is 375 g/mol. The zero-order valence-corrected chi connectivity index (χ0v) is 13.9. The van der Waals surface area contributed by atoms with Gasteiger partial charge in [0.25, 0.3) is 5.91 Å². The van der Waals surface area contributed by atoms with Crippen molar-refractivity contribution in [1.82, 2.24) is 10.2 Å². The van der Waals surface area contributed by atoms with Gasteiger partial charge in [0.05, 0.1) is 16.8 Å². The van der Waals surface area contributed by atoms with Crippen molar-refractivity contribution >= 4 is 34.7 Å². The van der Waals surface area contributed by atoms with Crippen molar-refractivity contribution in [3.8, 4) is 11.3 Å². The highest BCUT2D eigenvalue weighted by Crippen LogP contribution is 2.30. The Bertz CT molecular complexity index is 892. The number of nitrogens with zero attached hydrogens (tertiary/aromatic N) is 2. The first-order chi connectivity index (χ1) is 11.8. The number of aromatic nitrogens is 2. The van der Waals surface area contributed by atoms with Gasteiger partial charge in [-0.15, -0.1) is 21.5 Å². The molecule has 1 aromatic carbocycles. The number of rotatable bonds is 3. The van der Waals surface area contributed by atoms with E-state index in [1.54, 1.807) is 17.5 Å². The lowest BCUT2D eigenvalue weighted by molar-refractivity contribution is -0.137. The second-order valence-corrected chi connectivity index (χ2v) is 6.46. The minimum atomic E-state index is -4.39. The standard InChI is InChI=1S/C16H9ClF3N3OS/c17-14-11(7-8-25-14)15(24)21-13-6-5-12(22-23-13)9-1-3-10(4-2-9)16(18,19)20/h1-8H,(H,21,23,24). The zero-order valence-electron chi connectivity index (χ0n) is 12.3. The second kappa shape index (κ2) is 6.81. The molecule has 0 unspecified atom stereocenters. The maximum absolute atomic E-state index is 12.6. The maximum Gasteiger partial charge on any atom is 0.416 e. The fraction of sp³-hybridized carbons (Fsp3) is 0.0625. The Morgan fingerprint density at radius 1 is 1.04 bits per heavy atom. The van der Waals surface area contributed by atoms with Gasteiger partial charge >= 0.3 is 6.18 Å². The van der Waals surface area contributed by atoms with Crippen molar-refractivity contribution in [2.24, 2.45) is 0 Å². The van der Waals surface area contributed by atoms with Gasteiger partial charge in [-0.2, -0.15) is 13.2 Å². The van der Waals surface area contributed by atoms with Crippen LogP contribution in [-0.2, 0) is 6.18 Å². The molecule has 0 saturated heterocycles. The summed E-state index contributed by atoms with van der Waals surface area (Å²) in [5.74, 6) is -0.203.